The topological polar surface area (TPSA) is 125 Å². The van der Waals surface area contributed by atoms with Crippen LogP contribution >= 0.6 is 62.3 Å². The Labute approximate surface area is 557 Å². The number of methoxy groups -OCH3 is 4. The molecule has 10 rings (SSSR count). The average molecular weight is 1280 g/mol. The van der Waals surface area contributed by atoms with Crippen LogP contribution in [0.25, 0.3) is 0 Å². The van der Waals surface area contributed by atoms with E-state index in [9.17, 15) is 14.7 Å². The Morgan fingerprint density at radius 2 is 0.928 bits per heavy atom. The van der Waals surface area contributed by atoms with Gasteiger partial charge in [0.15, 0.2) is 0 Å². The second kappa shape index (κ2) is 32.1. The molecule has 17 heteroatoms. The van der Waals surface area contributed by atoms with E-state index in [-0.39, 0.29) is 69.7 Å². The van der Waals surface area contributed by atoms with E-state index >= 15 is 0 Å². The van der Waals surface area contributed by atoms with Crippen LogP contribution in [0.5, 0.6) is 23.0 Å². The van der Waals surface area contributed by atoms with E-state index in [2.05, 4.69) is 20.9 Å². The maximum Gasteiger partial charge on any atom is 1.00 e. The number of anilines is 2. The van der Waals surface area contributed by atoms with Crippen molar-refractivity contribution in [1.82, 2.24) is 0 Å². The number of amides is 2. The summed E-state index contributed by atoms with van der Waals surface area (Å²) in [6.07, 6.45) is 0.360. The molecule has 8 aromatic rings. The Hall–Kier alpha value is -5.52. The minimum atomic E-state index is -0.750. The zero-order valence-corrected chi connectivity index (χ0v) is 55.2. The van der Waals surface area contributed by atoms with E-state index in [4.69, 9.17) is 70.3 Å². The molecule has 2 amide bonds. The number of hydrogen-bond acceptors (Lipinski definition) is 9. The van der Waals surface area contributed by atoms with Gasteiger partial charge in [-0.25, -0.2) is 0 Å². The number of alkyl halides is 1. The van der Waals surface area contributed by atoms with Gasteiger partial charge in [-0.15, -0.1) is 5.60 Å². The van der Waals surface area contributed by atoms with Crippen LogP contribution in [-0.2, 0) is 34.4 Å². The van der Waals surface area contributed by atoms with E-state index in [1.165, 1.54) is 0 Å². The van der Waals surface area contributed by atoms with Crippen molar-refractivity contribution in [3.05, 3.63) is 247 Å². The van der Waals surface area contributed by atoms with Gasteiger partial charge in [0.1, 0.15) is 35.6 Å². The van der Waals surface area contributed by atoms with Crippen molar-refractivity contribution in [3.63, 3.8) is 0 Å². The Kier molecular flexibility index (Phi) is 25.8. The van der Waals surface area contributed by atoms with Gasteiger partial charge in [-0.1, -0.05) is 144 Å². The molecule has 11 nitrogen and oxygen atoms in total. The number of halogens is 5. The van der Waals surface area contributed by atoms with Crippen LogP contribution in [0.15, 0.2) is 192 Å². The maximum atomic E-state index is 14.2. The standard InChI is InChI=1S/C31H26Cl2N2O3.C24H21ClN2O3.C7H6BrCl.C4H9O.K/c1-37-24-12-7-20(8-13-24)19-35-29-16-11-23(32)18-26(29)30(21-9-14-25(38-2)15-10-21)34-28(31(35)36)17-22-5-3-4-6-27(22)33;1-29-19-8-3-16(4-9-19)15-27-22-12-7-18(25)13-21(22)24(26-14-23(27)28)17-5-10-20(30-2)11-6-17;8-5-6-3-1-2-4-7(6)9;1-4(2,3)5;/h3-16,18,28H,17,19H2,1-2H3;3-13H,14-15H2,1-2H3;1-4H,5H2;1-3H3;/q;;;-1;+1. The zero-order valence-electron chi connectivity index (χ0n) is 47.5. The van der Waals surface area contributed by atoms with Gasteiger partial charge >= 0.3 is 51.4 Å². The Bertz CT molecular complexity index is 3500. The number of benzodiazepines with no additional fused rings is 2. The third kappa shape index (κ3) is 19.0. The normalized spacial score (nSPS) is 13.4. The summed E-state index contributed by atoms with van der Waals surface area (Å²) in [5, 5.41) is 13.5. The van der Waals surface area contributed by atoms with Crippen molar-refractivity contribution in [2.45, 2.75) is 57.3 Å². The Balaban J connectivity index is 0.000000217. The second-order valence-corrected chi connectivity index (χ2v) is 21.9. The summed E-state index contributed by atoms with van der Waals surface area (Å²) in [6, 6.07) is 56.4. The Morgan fingerprint density at radius 3 is 1.35 bits per heavy atom. The number of carbonyl (C=O) groups excluding carboxylic acids is 2. The van der Waals surface area contributed by atoms with E-state index < -0.39 is 11.6 Å². The van der Waals surface area contributed by atoms with E-state index in [1.54, 1.807) is 71.1 Å². The first-order valence-electron chi connectivity index (χ1n) is 26.0. The molecule has 2 aliphatic rings. The van der Waals surface area contributed by atoms with Crippen molar-refractivity contribution in [2.75, 3.05) is 44.8 Å². The van der Waals surface area contributed by atoms with Crippen molar-refractivity contribution in [1.29, 1.82) is 0 Å². The average Bonchev–Trinajstić information content (AvgIpc) is 3.09. The monoisotopic (exact) mass is 1280 g/mol. The summed E-state index contributed by atoms with van der Waals surface area (Å²) in [5.41, 5.74) is 9.53. The number of carbonyl (C=O) groups is 2. The summed E-state index contributed by atoms with van der Waals surface area (Å²) in [6.45, 7) is 5.75. The fourth-order valence-corrected chi connectivity index (χ4v) is 10.1. The zero-order chi connectivity index (χ0) is 58.9. The molecule has 2 aliphatic heterocycles. The third-order valence-corrected chi connectivity index (χ3v) is 14.5. The second-order valence-electron chi connectivity index (χ2n) is 19.7. The number of hydrogen-bond donors (Lipinski definition) is 0. The van der Waals surface area contributed by atoms with Gasteiger partial charge in [0.2, 0.25) is 5.91 Å². The fourth-order valence-electron chi connectivity index (χ4n) is 8.65. The SMILES string of the molecule is CC(C)(C)[O-].COc1ccc(CN2C(=O)C(Cc3ccccc3Cl)N=C(c3ccc(OC)cc3)c3cc(Cl)ccc32)cc1.COc1ccc(CN2C(=O)CN=C(c3ccc(OC)cc3)c3cc(Cl)ccc32)cc1.Clc1ccccc1CBr.[K+]. The van der Waals surface area contributed by atoms with Gasteiger partial charge in [-0.05, 0) is 144 Å². The van der Waals surface area contributed by atoms with Gasteiger partial charge in [0, 0.05) is 54.1 Å². The molecule has 0 radical (unpaired) electrons. The quantitative estimate of drug-likeness (QED) is 0.0831. The first kappa shape index (κ1) is 66.6. The van der Waals surface area contributed by atoms with E-state index in [1.807, 2.05) is 170 Å². The number of benzene rings is 8. The van der Waals surface area contributed by atoms with E-state index in [0.717, 1.165) is 94.9 Å². The maximum absolute atomic E-state index is 14.2. The van der Waals surface area contributed by atoms with Gasteiger partial charge in [0.25, 0.3) is 5.91 Å². The van der Waals surface area contributed by atoms with Gasteiger partial charge < -0.3 is 33.9 Å². The summed E-state index contributed by atoms with van der Waals surface area (Å²) in [7, 11) is 6.52. The van der Waals surface area contributed by atoms with Gasteiger partial charge in [-0.3, -0.25) is 19.6 Å². The minimum absolute atomic E-state index is 0. The molecule has 8 aromatic carbocycles. The molecule has 0 spiro atoms. The van der Waals surface area contributed by atoms with Crippen molar-refractivity contribution in [2.24, 2.45) is 9.98 Å². The van der Waals surface area contributed by atoms with Crippen molar-refractivity contribution in [3.8, 4) is 23.0 Å². The molecule has 2 heterocycles. The van der Waals surface area contributed by atoms with Crippen LogP contribution in [0.4, 0.5) is 11.4 Å². The fraction of sp³-hybridized carbons (Fsp3) is 0.212. The summed E-state index contributed by atoms with van der Waals surface area (Å²) in [5.74, 6) is 2.84. The van der Waals surface area contributed by atoms with Crippen LogP contribution in [0.3, 0.4) is 0 Å². The molecule has 0 aromatic heterocycles. The molecular weight excluding hydrogens is 1220 g/mol. The summed E-state index contributed by atoms with van der Waals surface area (Å²) in [4.78, 5) is 40.5. The molecule has 0 fully saturated rings. The summed E-state index contributed by atoms with van der Waals surface area (Å²) < 4.78 is 21.1. The van der Waals surface area contributed by atoms with Crippen LogP contribution in [0, 0.1) is 0 Å². The molecular formula is C66H62BrCl4KN4O7. The molecule has 424 valence electrons. The Morgan fingerprint density at radius 1 is 0.542 bits per heavy atom. The summed E-state index contributed by atoms with van der Waals surface area (Å²) >= 11 is 28.4. The molecule has 0 aliphatic carbocycles. The van der Waals surface area contributed by atoms with Gasteiger partial charge in [-0.2, -0.15) is 0 Å². The molecule has 1 unspecified atom stereocenters. The molecule has 1 atom stereocenters. The third-order valence-electron chi connectivity index (χ3n) is 12.7. The largest absolute Gasteiger partial charge is 1.00 e. The van der Waals surface area contributed by atoms with Crippen molar-refractivity contribution < 1.29 is 85.0 Å². The van der Waals surface area contributed by atoms with Crippen LogP contribution in [0.1, 0.15) is 65.3 Å². The van der Waals surface area contributed by atoms with Crippen LogP contribution in [-0.4, -0.2) is 69.9 Å². The van der Waals surface area contributed by atoms with Gasteiger partial charge in [0.05, 0.1) is 64.3 Å². The predicted molar refractivity (Wildman–Crippen MR) is 336 cm³/mol. The molecule has 0 N–H and O–H groups in total. The smallest absolute Gasteiger partial charge is 0.850 e. The molecule has 0 bridgehead atoms. The van der Waals surface area contributed by atoms with Crippen LogP contribution < -0.4 is 85.2 Å². The molecule has 0 saturated carbocycles. The molecule has 0 saturated heterocycles. The van der Waals surface area contributed by atoms with Crippen molar-refractivity contribution >= 4 is 96.9 Å². The van der Waals surface area contributed by atoms with Crippen LogP contribution in [0.2, 0.25) is 20.1 Å². The first-order chi connectivity index (χ1) is 39.4. The predicted octanol–water partition coefficient (Wildman–Crippen LogP) is 12.1. The number of aliphatic imine (C=N–C) groups is 2. The number of fused-ring (bicyclic) bond motifs is 2. The molecule has 83 heavy (non-hydrogen) atoms. The van der Waals surface area contributed by atoms with E-state index in [0.29, 0.717) is 40.3 Å². The number of nitrogens with zero attached hydrogens (tertiary/aromatic N) is 4. The first-order valence-corrected chi connectivity index (χ1v) is 28.6. The number of rotatable bonds is 13. The minimum Gasteiger partial charge on any atom is -0.850 e. The number of ether oxygens (including phenoxy) is 4.